The normalized spacial score (nSPS) is 21.8. The molecule has 0 spiro atoms. The van der Waals surface area contributed by atoms with Crippen LogP contribution in [0.2, 0.25) is 0 Å². The van der Waals surface area contributed by atoms with Crippen LogP contribution in [0.1, 0.15) is 57.2 Å². The molecule has 0 unspecified atom stereocenters. The van der Waals surface area contributed by atoms with Crippen molar-refractivity contribution < 1.29 is 4.52 Å². The van der Waals surface area contributed by atoms with E-state index >= 15 is 0 Å². The minimum Gasteiger partial charge on any atom is -0.339 e. The quantitative estimate of drug-likeness (QED) is 0.864. The van der Waals surface area contributed by atoms with Crippen LogP contribution in [-0.4, -0.2) is 40.7 Å². The Morgan fingerprint density at radius 3 is 2.65 bits per heavy atom. The molecule has 1 aromatic rings. The smallest absolute Gasteiger partial charge is 0.229 e. The average Bonchev–Trinajstić information content (AvgIpc) is 3.19. The highest BCUT2D eigenvalue weighted by atomic mass is 16.5. The molecule has 5 heteroatoms. The zero-order valence-corrected chi connectivity index (χ0v) is 12.6. The van der Waals surface area contributed by atoms with Gasteiger partial charge >= 0.3 is 0 Å². The van der Waals surface area contributed by atoms with Crippen LogP contribution < -0.4 is 5.32 Å². The van der Waals surface area contributed by atoms with Crippen molar-refractivity contribution in [2.75, 3.05) is 19.6 Å². The standard InChI is InChI=1S/C15H26N4O/c1-11(2)16-9-12-5-7-19(8-6-12)10-14-17-15(20-18-14)13-3-4-13/h11-13,16H,3-10H2,1-2H3. The molecule has 1 aliphatic carbocycles. The van der Waals surface area contributed by atoms with Crippen LogP contribution in [0.4, 0.5) is 0 Å². The predicted octanol–water partition coefficient (Wildman–Crippen LogP) is 2.16. The topological polar surface area (TPSA) is 54.2 Å². The molecule has 2 fully saturated rings. The molecule has 0 atom stereocenters. The molecule has 0 aromatic carbocycles. The lowest BCUT2D eigenvalue weighted by Crippen LogP contribution is -2.38. The summed E-state index contributed by atoms with van der Waals surface area (Å²) in [4.78, 5) is 6.96. The highest BCUT2D eigenvalue weighted by Gasteiger charge is 2.30. The van der Waals surface area contributed by atoms with Gasteiger partial charge in [-0.05, 0) is 51.2 Å². The van der Waals surface area contributed by atoms with Gasteiger partial charge in [0, 0.05) is 12.0 Å². The zero-order valence-electron chi connectivity index (χ0n) is 12.6. The van der Waals surface area contributed by atoms with E-state index in [1.54, 1.807) is 0 Å². The largest absolute Gasteiger partial charge is 0.339 e. The summed E-state index contributed by atoms with van der Waals surface area (Å²) in [6, 6.07) is 0.591. The van der Waals surface area contributed by atoms with Crippen LogP contribution in [0.15, 0.2) is 4.52 Å². The maximum Gasteiger partial charge on any atom is 0.229 e. The molecule has 1 aliphatic heterocycles. The molecule has 2 heterocycles. The van der Waals surface area contributed by atoms with Gasteiger partial charge in [0.2, 0.25) is 5.89 Å². The lowest BCUT2D eigenvalue weighted by atomic mass is 9.96. The molecule has 1 aromatic heterocycles. The molecule has 0 bridgehead atoms. The second-order valence-electron chi connectivity index (χ2n) is 6.61. The molecule has 5 nitrogen and oxygen atoms in total. The van der Waals surface area contributed by atoms with Crippen LogP contribution in [0, 0.1) is 5.92 Å². The van der Waals surface area contributed by atoms with Crippen LogP contribution in [-0.2, 0) is 6.54 Å². The summed E-state index contributed by atoms with van der Waals surface area (Å²) >= 11 is 0. The molecular weight excluding hydrogens is 252 g/mol. The summed E-state index contributed by atoms with van der Waals surface area (Å²) in [5.41, 5.74) is 0. The summed E-state index contributed by atoms with van der Waals surface area (Å²) in [7, 11) is 0. The molecule has 1 saturated carbocycles. The molecular formula is C15H26N4O. The van der Waals surface area contributed by atoms with Crippen molar-refractivity contribution in [2.24, 2.45) is 5.92 Å². The first-order valence-corrected chi connectivity index (χ1v) is 7.99. The molecule has 1 saturated heterocycles. The van der Waals surface area contributed by atoms with E-state index in [9.17, 15) is 0 Å². The molecule has 112 valence electrons. The molecule has 1 N–H and O–H groups in total. The van der Waals surface area contributed by atoms with E-state index in [4.69, 9.17) is 4.52 Å². The first-order chi connectivity index (χ1) is 9.70. The van der Waals surface area contributed by atoms with Gasteiger partial charge in [0.05, 0.1) is 6.54 Å². The number of aromatic nitrogens is 2. The van der Waals surface area contributed by atoms with Crippen LogP contribution in [0.5, 0.6) is 0 Å². The number of rotatable bonds is 6. The van der Waals surface area contributed by atoms with Crippen molar-refractivity contribution in [1.29, 1.82) is 0 Å². The van der Waals surface area contributed by atoms with Crippen LogP contribution in [0.3, 0.4) is 0 Å². The van der Waals surface area contributed by atoms with E-state index in [-0.39, 0.29) is 0 Å². The Morgan fingerprint density at radius 1 is 1.25 bits per heavy atom. The Bertz CT molecular complexity index is 419. The van der Waals surface area contributed by atoms with Gasteiger partial charge in [0.15, 0.2) is 5.82 Å². The average molecular weight is 278 g/mol. The lowest BCUT2D eigenvalue weighted by Gasteiger charge is -2.31. The number of likely N-dealkylation sites (tertiary alicyclic amines) is 1. The molecule has 2 aliphatic rings. The van der Waals surface area contributed by atoms with Crippen molar-refractivity contribution in [3.63, 3.8) is 0 Å². The van der Waals surface area contributed by atoms with E-state index in [1.807, 2.05) is 0 Å². The summed E-state index contributed by atoms with van der Waals surface area (Å²) in [5, 5.41) is 7.65. The Labute approximate surface area is 121 Å². The zero-order chi connectivity index (χ0) is 13.9. The molecule has 3 rings (SSSR count). The highest BCUT2D eigenvalue weighted by molar-refractivity contribution is 5.01. The number of nitrogens with one attached hydrogen (secondary N) is 1. The van der Waals surface area contributed by atoms with Crippen molar-refractivity contribution in [3.05, 3.63) is 11.7 Å². The van der Waals surface area contributed by atoms with Gasteiger partial charge in [-0.15, -0.1) is 0 Å². The van der Waals surface area contributed by atoms with E-state index in [1.165, 1.54) is 25.7 Å². The van der Waals surface area contributed by atoms with Crippen LogP contribution >= 0.6 is 0 Å². The number of piperidine rings is 1. The van der Waals surface area contributed by atoms with Gasteiger partial charge in [0.25, 0.3) is 0 Å². The third-order valence-electron chi connectivity index (χ3n) is 4.30. The fourth-order valence-electron chi connectivity index (χ4n) is 2.78. The third-order valence-corrected chi connectivity index (χ3v) is 4.30. The van der Waals surface area contributed by atoms with Gasteiger partial charge in [-0.1, -0.05) is 19.0 Å². The summed E-state index contributed by atoms with van der Waals surface area (Å²) in [5.74, 6) is 3.10. The lowest BCUT2D eigenvalue weighted by molar-refractivity contribution is 0.169. The highest BCUT2D eigenvalue weighted by Crippen LogP contribution is 2.38. The summed E-state index contributed by atoms with van der Waals surface area (Å²) < 4.78 is 5.32. The van der Waals surface area contributed by atoms with Crippen molar-refractivity contribution in [3.8, 4) is 0 Å². The summed E-state index contributed by atoms with van der Waals surface area (Å²) in [6.07, 6.45) is 4.98. The van der Waals surface area contributed by atoms with E-state index < -0.39 is 0 Å². The van der Waals surface area contributed by atoms with E-state index in [0.717, 1.165) is 43.8 Å². The van der Waals surface area contributed by atoms with E-state index in [0.29, 0.717) is 12.0 Å². The van der Waals surface area contributed by atoms with Gasteiger partial charge in [-0.2, -0.15) is 4.98 Å². The molecule has 0 radical (unpaired) electrons. The predicted molar refractivity (Wildman–Crippen MR) is 77.4 cm³/mol. The number of hydrogen-bond donors (Lipinski definition) is 1. The van der Waals surface area contributed by atoms with Gasteiger partial charge in [-0.25, -0.2) is 0 Å². The Morgan fingerprint density at radius 2 is 2.00 bits per heavy atom. The summed E-state index contributed by atoms with van der Waals surface area (Å²) in [6.45, 7) is 8.72. The monoisotopic (exact) mass is 278 g/mol. The second kappa shape index (κ2) is 6.22. The first-order valence-electron chi connectivity index (χ1n) is 7.99. The Balaban J connectivity index is 1.41. The SMILES string of the molecule is CC(C)NCC1CCN(Cc2noc(C3CC3)n2)CC1. The Kier molecular flexibility index (Phi) is 4.36. The first kappa shape index (κ1) is 14.0. The maximum absolute atomic E-state index is 5.32. The molecule has 0 amide bonds. The minimum absolute atomic E-state index is 0.559. The number of hydrogen-bond acceptors (Lipinski definition) is 5. The van der Waals surface area contributed by atoms with E-state index in [2.05, 4.69) is 34.2 Å². The Hall–Kier alpha value is -0.940. The van der Waals surface area contributed by atoms with Crippen molar-refractivity contribution in [1.82, 2.24) is 20.4 Å². The van der Waals surface area contributed by atoms with Crippen molar-refractivity contribution in [2.45, 2.75) is 58.0 Å². The maximum atomic E-state index is 5.32. The van der Waals surface area contributed by atoms with Gasteiger partial charge < -0.3 is 9.84 Å². The van der Waals surface area contributed by atoms with Gasteiger partial charge in [0.1, 0.15) is 0 Å². The fraction of sp³-hybridized carbons (Fsp3) is 0.867. The minimum atomic E-state index is 0.559. The van der Waals surface area contributed by atoms with Crippen LogP contribution in [0.25, 0.3) is 0 Å². The second-order valence-corrected chi connectivity index (χ2v) is 6.61. The fourth-order valence-corrected chi connectivity index (χ4v) is 2.78. The number of nitrogens with zero attached hydrogens (tertiary/aromatic N) is 3. The van der Waals surface area contributed by atoms with Gasteiger partial charge in [-0.3, -0.25) is 4.90 Å². The molecule has 20 heavy (non-hydrogen) atoms. The third kappa shape index (κ3) is 3.79. The van der Waals surface area contributed by atoms with Crippen molar-refractivity contribution >= 4 is 0 Å².